The van der Waals surface area contributed by atoms with E-state index >= 15 is 0 Å². The highest BCUT2D eigenvalue weighted by Gasteiger charge is 2.15. The van der Waals surface area contributed by atoms with Crippen molar-refractivity contribution in [2.24, 2.45) is 0 Å². The van der Waals surface area contributed by atoms with Gasteiger partial charge in [-0.1, -0.05) is 91.0 Å². The first-order valence-corrected chi connectivity index (χ1v) is 13.3. The van der Waals surface area contributed by atoms with E-state index in [1.54, 1.807) is 31.2 Å². The topological polar surface area (TPSA) is 37.4 Å². The van der Waals surface area contributed by atoms with Crippen molar-refractivity contribution in [3.8, 4) is 0 Å². The molecule has 0 aromatic heterocycles. The van der Waals surface area contributed by atoms with Crippen molar-refractivity contribution < 1.29 is 9.59 Å². The molecule has 0 unspecified atom stereocenters. The Labute approximate surface area is 233 Å². The Bertz CT molecular complexity index is 1900. The second-order valence-electron chi connectivity index (χ2n) is 9.85. The van der Waals surface area contributed by atoms with E-state index in [4.69, 9.17) is 0 Å². The van der Waals surface area contributed by atoms with Gasteiger partial charge in [0, 0.05) is 28.2 Å². The number of fused-ring (bicyclic) bond motifs is 2. The number of benzene rings is 6. The number of allylic oxidation sites excluding steroid dienone is 1. The summed E-state index contributed by atoms with van der Waals surface area (Å²) in [6, 6.07) is 44.9. The molecule has 0 N–H and O–H groups in total. The van der Waals surface area contributed by atoms with Gasteiger partial charge in [0.15, 0.2) is 12.1 Å². The third kappa shape index (κ3) is 4.93. The summed E-state index contributed by atoms with van der Waals surface area (Å²) in [6.45, 7) is 1.79. The smallest absolute Gasteiger partial charge is 0.189 e. The fourth-order valence-electron chi connectivity index (χ4n) is 5.16. The van der Waals surface area contributed by atoms with E-state index in [1.807, 2.05) is 18.2 Å². The van der Waals surface area contributed by atoms with Crippen LogP contribution in [0.4, 0.5) is 17.1 Å². The van der Waals surface area contributed by atoms with Crippen LogP contribution in [-0.2, 0) is 0 Å². The number of anilines is 3. The maximum Gasteiger partial charge on any atom is 0.189 e. The van der Waals surface area contributed by atoms with Crippen LogP contribution in [0.15, 0.2) is 139 Å². The van der Waals surface area contributed by atoms with Gasteiger partial charge in [-0.05, 0) is 88.1 Å². The minimum Gasteiger partial charge on any atom is -0.310 e. The number of para-hydroxylation sites is 1. The number of nitrogens with zero attached hydrogens (tertiary/aromatic N) is 1. The molecule has 0 bridgehead atoms. The number of aldehydes is 1. The molecule has 192 valence electrons. The number of ketones is 1. The quantitative estimate of drug-likeness (QED) is 0.120. The molecule has 0 saturated heterocycles. The summed E-state index contributed by atoms with van der Waals surface area (Å²) < 4.78 is 0. The summed E-state index contributed by atoms with van der Waals surface area (Å²) >= 11 is 0. The lowest BCUT2D eigenvalue weighted by molar-refractivity contribution is 0.102. The van der Waals surface area contributed by atoms with E-state index in [-0.39, 0.29) is 5.78 Å². The van der Waals surface area contributed by atoms with Gasteiger partial charge in [-0.3, -0.25) is 9.59 Å². The van der Waals surface area contributed by atoms with Crippen LogP contribution in [-0.4, -0.2) is 12.1 Å². The number of hydrogen-bond donors (Lipinski definition) is 0. The average Bonchev–Trinajstić information content (AvgIpc) is 3.01. The number of hydrogen-bond acceptors (Lipinski definition) is 3. The monoisotopic (exact) mass is 517 g/mol. The summed E-state index contributed by atoms with van der Waals surface area (Å²) in [7, 11) is 0. The molecule has 0 spiro atoms. The van der Waals surface area contributed by atoms with Crippen molar-refractivity contribution in [3.05, 3.63) is 156 Å². The van der Waals surface area contributed by atoms with Gasteiger partial charge in [-0.25, -0.2) is 0 Å². The Morgan fingerprint density at radius 1 is 0.575 bits per heavy atom. The van der Waals surface area contributed by atoms with Gasteiger partial charge in [-0.2, -0.15) is 0 Å². The van der Waals surface area contributed by atoms with Gasteiger partial charge in [0.2, 0.25) is 0 Å². The van der Waals surface area contributed by atoms with Crippen LogP contribution < -0.4 is 4.90 Å². The van der Waals surface area contributed by atoms with Gasteiger partial charge in [0.1, 0.15) is 0 Å². The Kier molecular flexibility index (Phi) is 6.78. The fraction of sp³-hybridized carbons (Fsp3) is 0.0270. The summed E-state index contributed by atoms with van der Waals surface area (Å²) in [5, 5.41) is 4.59. The third-order valence-corrected chi connectivity index (χ3v) is 7.19. The first-order chi connectivity index (χ1) is 19.6. The van der Waals surface area contributed by atoms with Gasteiger partial charge in [0.25, 0.3) is 0 Å². The molecule has 0 saturated carbocycles. The number of Topliss-reactive ketones (excluding diaryl/α,β-unsaturated/α-hetero) is 1. The van der Waals surface area contributed by atoms with Crippen LogP contribution in [0.2, 0.25) is 0 Å². The van der Waals surface area contributed by atoms with E-state index in [1.165, 1.54) is 10.8 Å². The Morgan fingerprint density at radius 2 is 1.15 bits per heavy atom. The van der Waals surface area contributed by atoms with Crippen LogP contribution in [0.5, 0.6) is 0 Å². The Morgan fingerprint density at radius 3 is 1.90 bits per heavy atom. The van der Waals surface area contributed by atoms with Crippen LogP contribution in [0.1, 0.15) is 33.2 Å². The normalized spacial score (nSPS) is 11.5. The molecule has 0 aliphatic carbocycles. The minimum absolute atomic E-state index is 0.146. The van der Waals surface area contributed by atoms with Gasteiger partial charge in [0.05, 0.1) is 0 Å². The highest BCUT2D eigenvalue weighted by atomic mass is 16.1. The molecule has 0 fully saturated rings. The standard InChI is InChI=1S/C37H27NO2/c1-26(37(40)36-14-8-7-11-32(36)25-39)21-27-15-16-31-24-35(20-18-30(31)22-27)38(33-12-3-2-4-13-33)34-19-17-28-9-5-6-10-29(28)23-34/h2-25H,1H3/b26-21-. The molecule has 3 heteroatoms. The molecule has 6 aromatic rings. The van der Waals surface area contributed by atoms with Gasteiger partial charge >= 0.3 is 0 Å². The highest BCUT2D eigenvalue weighted by molar-refractivity contribution is 6.14. The predicted molar refractivity (Wildman–Crippen MR) is 166 cm³/mol. The van der Waals surface area contributed by atoms with Gasteiger partial charge < -0.3 is 4.90 Å². The van der Waals surface area contributed by atoms with Crippen molar-refractivity contribution in [1.29, 1.82) is 0 Å². The first-order valence-electron chi connectivity index (χ1n) is 13.3. The van der Waals surface area contributed by atoms with E-state index < -0.39 is 0 Å². The lowest BCUT2D eigenvalue weighted by Crippen LogP contribution is -2.09. The van der Waals surface area contributed by atoms with Crippen LogP contribution in [0.25, 0.3) is 27.6 Å². The molecule has 0 atom stereocenters. The summed E-state index contributed by atoms with van der Waals surface area (Å²) in [5.41, 5.74) is 5.58. The number of carbonyl (C=O) groups excluding carboxylic acids is 2. The van der Waals surface area contributed by atoms with E-state index in [0.29, 0.717) is 16.7 Å². The second kappa shape index (κ2) is 10.8. The maximum atomic E-state index is 13.0. The molecule has 3 nitrogen and oxygen atoms in total. The third-order valence-electron chi connectivity index (χ3n) is 7.19. The SMILES string of the molecule is C/C(=C/c1ccc2cc(N(c3ccccc3)c3ccc4ccccc4c3)ccc2c1)C(=O)c1ccccc1C=O. The van der Waals surface area contributed by atoms with Crippen molar-refractivity contribution >= 4 is 56.8 Å². The molecule has 0 amide bonds. The molecule has 6 rings (SSSR count). The molecular formula is C37H27NO2. The van der Waals surface area contributed by atoms with Crippen LogP contribution >= 0.6 is 0 Å². The van der Waals surface area contributed by atoms with Crippen molar-refractivity contribution in [2.75, 3.05) is 4.90 Å². The summed E-state index contributed by atoms with van der Waals surface area (Å²) in [4.78, 5) is 26.7. The highest BCUT2D eigenvalue weighted by Crippen LogP contribution is 2.37. The predicted octanol–water partition coefficient (Wildman–Crippen LogP) is 9.56. The van der Waals surface area contributed by atoms with Crippen LogP contribution in [0, 0.1) is 0 Å². The zero-order chi connectivity index (χ0) is 27.5. The van der Waals surface area contributed by atoms with Crippen molar-refractivity contribution in [3.63, 3.8) is 0 Å². The van der Waals surface area contributed by atoms with Crippen molar-refractivity contribution in [2.45, 2.75) is 6.92 Å². The average molecular weight is 518 g/mol. The van der Waals surface area contributed by atoms with Crippen LogP contribution in [0.3, 0.4) is 0 Å². The summed E-state index contributed by atoms with van der Waals surface area (Å²) in [5.74, 6) is -0.146. The molecule has 40 heavy (non-hydrogen) atoms. The minimum atomic E-state index is -0.146. The summed E-state index contributed by atoms with van der Waals surface area (Å²) in [6.07, 6.45) is 2.60. The first kappa shape index (κ1) is 25.0. The fourth-order valence-corrected chi connectivity index (χ4v) is 5.16. The van der Waals surface area contributed by atoms with Gasteiger partial charge in [-0.15, -0.1) is 0 Å². The molecule has 0 aliphatic heterocycles. The van der Waals surface area contributed by atoms with E-state index in [0.717, 1.165) is 39.7 Å². The molecule has 0 radical (unpaired) electrons. The Balaban J connectivity index is 1.37. The maximum absolute atomic E-state index is 13.0. The largest absolute Gasteiger partial charge is 0.310 e. The zero-order valence-electron chi connectivity index (χ0n) is 22.1. The van der Waals surface area contributed by atoms with Crippen molar-refractivity contribution in [1.82, 2.24) is 0 Å². The second-order valence-corrected chi connectivity index (χ2v) is 9.85. The molecule has 0 aliphatic rings. The molecular weight excluding hydrogens is 490 g/mol. The number of carbonyl (C=O) groups is 2. The molecule has 6 aromatic carbocycles. The Hall–Kier alpha value is -5.28. The lowest BCUT2D eigenvalue weighted by atomic mass is 9.97. The lowest BCUT2D eigenvalue weighted by Gasteiger charge is -2.26. The van der Waals surface area contributed by atoms with E-state index in [2.05, 4.69) is 102 Å². The zero-order valence-corrected chi connectivity index (χ0v) is 22.1. The number of rotatable bonds is 7. The molecule has 0 heterocycles. The van der Waals surface area contributed by atoms with E-state index in [9.17, 15) is 9.59 Å².